The number of benzene rings is 2. The van der Waals surface area contributed by atoms with Gasteiger partial charge in [0, 0.05) is 30.1 Å². The van der Waals surface area contributed by atoms with Crippen LogP contribution in [-0.4, -0.2) is 30.5 Å². The Morgan fingerprint density at radius 3 is 2.57 bits per heavy atom. The van der Waals surface area contributed by atoms with E-state index in [1.165, 1.54) is 18.4 Å². The molecule has 0 bridgehead atoms. The van der Waals surface area contributed by atoms with Crippen molar-refractivity contribution in [2.45, 2.75) is 45.8 Å². The number of rotatable bonds is 7. The second kappa shape index (κ2) is 7.78. The Hall–Kier alpha value is -2.01. The van der Waals surface area contributed by atoms with Crippen molar-refractivity contribution in [2.24, 2.45) is 5.92 Å². The molecule has 1 aliphatic heterocycles. The van der Waals surface area contributed by atoms with Crippen LogP contribution in [0.4, 0.5) is 5.69 Å². The van der Waals surface area contributed by atoms with Crippen LogP contribution < -0.4 is 9.64 Å². The SMILES string of the molecule is CCN(Cc1ccc(OC)cc1)c1cc(Br)cc2c1C(=O)N(C(C)C1CC1)C2. The van der Waals surface area contributed by atoms with Gasteiger partial charge in [-0.25, -0.2) is 0 Å². The third-order valence-corrected chi connectivity index (χ3v) is 6.49. The highest BCUT2D eigenvalue weighted by atomic mass is 79.9. The van der Waals surface area contributed by atoms with Gasteiger partial charge in [-0.3, -0.25) is 4.79 Å². The van der Waals surface area contributed by atoms with E-state index < -0.39 is 0 Å². The number of anilines is 1. The number of fused-ring (bicyclic) bond motifs is 1. The number of methoxy groups -OCH3 is 1. The highest BCUT2D eigenvalue weighted by Crippen LogP contribution is 2.41. The van der Waals surface area contributed by atoms with Crippen molar-refractivity contribution in [1.82, 2.24) is 4.90 Å². The number of carbonyl (C=O) groups is 1. The van der Waals surface area contributed by atoms with Gasteiger partial charge >= 0.3 is 0 Å². The van der Waals surface area contributed by atoms with Gasteiger partial charge in [-0.1, -0.05) is 28.1 Å². The molecule has 0 radical (unpaired) electrons. The van der Waals surface area contributed by atoms with Crippen LogP contribution in [0, 0.1) is 5.92 Å². The molecule has 1 saturated carbocycles. The molecule has 28 heavy (non-hydrogen) atoms. The molecule has 5 heteroatoms. The molecule has 1 fully saturated rings. The molecule has 0 aromatic heterocycles. The van der Waals surface area contributed by atoms with Gasteiger partial charge in [-0.2, -0.15) is 0 Å². The first-order chi connectivity index (χ1) is 13.5. The summed E-state index contributed by atoms with van der Waals surface area (Å²) >= 11 is 3.66. The van der Waals surface area contributed by atoms with Crippen LogP contribution in [0.2, 0.25) is 0 Å². The van der Waals surface area contributed by atoms with Gasteiger partial charge in [0.25, 0.3) is 5.91 Å². The van der Waals surface area contributed by atoms with E-state index in [-0.39, 0.29) is 5.91 Å². The van der Waals surface area contributed by atoms with Crippen LogP contribution in [0.15, 0.2) is 40.9 Å². The van der Waals surface area contributed by atoms with E-state index in [2.05, 4.69) is 63.8 Å². The summed E-state index contributed by atoms with van der Waals surface area (Å²) in [5.41, 5.74) is 4.24. The number of amides is 1. The Bertz CT molecular complexity index is 877. The molecule has 0 saturated heterocycles. The zero-order valence-electron chi connectivity index (χ0n) is 16.7. The molecule has 0 spiro atoms. The molecule has 1 heterocycles. The number of carbonyl (C=O) groups excluding carboxylic acids is 1. The van der Waals surface area contributed by atoms with Gasteiger partial charge in [0.05, 0.1) is 18.4 Å². The van der Waals surface area contributed by atoms with Crippen molar-refractivity contribution in [3.05, 3.63) is 57.6 Å². The molecule has 4 nitrogen and oxygen atoms in total. The largest absolute Gasteiger partial charge is 0.497 e. The number of hydrogen-bond donors (Lipinski definition) is 0. The molecule has 1 unspecified atom stereocenters. The Morgan fingerprint density at radius 1 is 1.25 bits per heavy atom. The van der Waals surface area contributed by atoms with Crippen molar-refractivity contribution in [1.29, 1.82) is 0 Å². The summed E-state index contributed by atoms with van der Waals surface area (Å²) in [6.45, 7) is 6.65. The predicted octanol–water partition coefficient (Wildman–Crippen LogP) is 5.24. The Morgan fingerprint density at radius 2 is 1.96 bits per heavy atom. The van der Waals surface area contributed by atoms with Crippen molar-refractivity contribution in [3.63, 3.8) is 0 Å². The fourth-order valence-corrected chi connectivity index (χ4v) is 4.64. The van der Waals surface area contributed by atoms with E-state index in [1.807, 2.05) is 12.1 Å². The van der Waals surface area contributed by atoms with Gasteiger partial charge in [0.2, 0.25) is 0 Å². The molecule has 148 valence electrons. The second-order valence-electron chi connectivity index (χ2n) is 7.83. The van der Waals surface area contributed by atoms with E-state index in [0.29, 0.717) is 12.0 Å². The molecule has 1 aliphatic carbocycles. The van der Waals surface area contributed by atoms with Crippen molar-refractivity contribution < 1.29 is 9.53 Å². The average molecular weight is 443 g/mol. The standard InChI is InChI=1S/C23H27BrN2O2/c1-4-25(13-16-5-9-20(28-3)10-6-16)21-12-19(24)11-18-14-26(23(27)22(18)21)15(2)17-7-8-17/h5-6,9-12,15,17H,4,7-8,13-14H2,1-3H3. The van der Waals surface area contributed by atoms with Crippen molar-refractivity contribution in [3.8, 4) is 5.75 Å². The Balaban J connectivity index is 1.64. The summed E-state index contributed by atoms with van der Waals surface area (Å²) in [4.78, 5) is 17.7. The molecule has 2 aromatic carbocycles. The van der Waals surface area contributed by atoms with Gasteiger partial charge in [-0.05, 0) is 68.0 Å². The predicted molar refractivity (Wildman–Crippen MR) is 116 cm³/mol. The fraction of sp³-hybridized carbons (Fsp3) is 0.435. The summed E-state index contributed by atoms with van der Waals surface area (Å²) in [7, 11) is 1.68. The molecule has 2 aromatic rings. The maximum atomic E-state index is 13.3. The third-order valence-electron chi connectivity index (χ3n) is 6.03. The van der Waals surface area contributed by atoms with Gasteiger partial charge < -0.3 is 14.5 Å². The molecule has 4 rings (SSSR count). The van der Waals surface area contributed by atoms with E-state index >= 15 is 0 Å². The van der Waals surface area contributed by atoms with E-state index in [1.54, 1.807) is 7.11 Å². The number of halogens is 1. The van der Waals surface area contributed by atoms with Gasteiger partial charge in [0.1, 0.15) is 5.75 Å². The van der Waals surface area contributed by atoms with E-state index in [4.69, 9.17) is 4.74 Å². The first kappa shape index (κ1) is 19.3. The summed E-state index contributed by atoms with van der Waals surface area (Å²) in [5.74, 6) is 1.71. The van der Waals surface area contributed by atoms with E-state index in [9.17, 15) is 4.79 Å². The smallest absolute Gasteiger partial charge is 0.256 e. The van der Waals surface area contributed by atoms with Crippen molar-refractivity contribution in [2.75, 3.05) is 18.6 Å². The van der Waals surface area contributed by atoms with Gasteiger partial charge in [-0.15, -0.1) is 0 Å². The maximum Gasteiger partial charge on any atom is 0.256 e. The lowest BCUT2D eigenvalue weighted by Gasteiger charge is -2.27. The highest BCUT2D eigenvalue weighted by Gasteiger charge is 2.40. The van der Waals surface area contributed by atoms with Crippen LogP contribution in [0.25, 0.3) is 0 Å². The lowest BCUT2D eigenvalue weighted by molar-refractivity contribution is 0.0698. The normalized spacial score (nSPS) is 16.9. The quantitative estimate of drug-likeness (QED) is 0.587. The monoisotopic (exact) mass is 442 g/mol. The number of nitrogens with zero attached hydrogens (tertiary/aromatic N) is 2. The first-order valence-electron chi connectivity index (χ1n) is 10.0. The summed E-state index contributed by atoms with van der Waals surface area (Å²) in [6, 6.07) is 12.7. The highest BCUT2D eigenvalue weighted by molar-refractivity contribution is 9.10. The maximum absolute atomic E-state index is 13.3. The number of hydrogen-bond acceptors (Lipinski definition) is 3. The van der Waals surface area contributed by atoms with E-state index in [0.717, 1.165) is 46.7 Å². The Labute approximate surface area is 175 Å². The molecule has 1 atom stereocenters. The minimum atomic E-state index is 0.185. The lowest BCUT2D eigenvalue weighted by atomic mass is 10.1. The molecule has 1 amide bonds. The summed E-state index contributed by atoms with van der Waals surface area (Å²) in [5, 5.41) is 0. The van der Waals surface area contributed by atoms with Crippen LogP contribution in [0.3, 0.4) is 0 Å². The second-order valence-corrected chi connectivity index (χ2v) is 8.75. The fourth-order valence-electron chi connectivity index (χ4n) is 4.15. The van der Waals surface area contributed by atoms with Gasteiger partial charge in [0.15, 0.2) is 0 Å². The van der Waals surface area contributed by atoms with Crippen LogP contribution in [0.1, 0.15) is 48.2 Å². The lowest BCUT2D eigenvalue weighted by Crippen LogP contribution is -2.35. The average Bonchev–Trinajstić information content (AvgIpc) is 3.49. The zero-order chi connectivity index (χ0) is 19.8. The van der Waals surface area contributed by atoms with Crippen LogP contribution in [-0.2, 0) is 13.1 Å². The summed E-state index contributed by atoms with van der Waals surface area (Å²) < 4.78 is 6.29. The minimum Gasteiger partial charge on any atom is -0.497 e. The molecule has 2 aliphatic rings. The summed E-state index contributed by atoms with van der Waals surface area (Å²) in [6.07, 6.45) is 2.49. The minimum absolute atomic E-state index is 0.185. The van der Waals surface area contributed by atoms with Crippen LogP contribution >= 0.6 is 15.9 Å². The number of ether oxygens (including phenoxy) is 1. The zero-order valence-corrected chi connectivity index (χ0v) is 18.3. The third kappa shape index (κ3) is 3.64. The molecule has 0 N–H and O–H groups in total. The topological polar surface area (TPSA) is 32.8 Å². The van der Waals surface area contributed by atoms with Crippen molar-refractivity contribution >= 4 is 27.5 Å². The molecular weight excluding hydrogens is 416 g/mol. The molecular formula is C23H27BrN2O2. The Kier molecular flexibility index (Phi) is 5.37. The van der Waals surface area contributed by atoms with Crippen LogP contribution in [0.5, 0.6) is 5.75 Å². The first-order valence-corrected chi connectivity index (χ1v) is 10.8.